The fourth-order valence-electron chi connectivity index (χ4n) is 2.09. The lowest BCUT2D eigenvalue weighted by Crippen LogP contribution is -2.35. The zero-order chi connectivity index (χ0) is 10.8. The number of nitrogens with zero attached hydrogens (tertiary/aromatic N) is 1. The van der Waals surface area contributed by atoms with E-state index < -0.39 is 15.1 Å². The zero-order valence-electron chi connectivity index (χ0n) is 8.73. The number of nitriles is 1. The third kappa shape index (κ3) is 2.27. The largest absolute Gasteiger partial charge is 0.229 e. The van der Waals surface area contributed by atoms with Crippen LogP contribution in [0.3, 0.4) is 0 Å². The highest BCUT2D eigenvalue weighted by Gasteiger charge is 2.36. The van der Waals surface area contributed by atoms with Crippen LogP contribution in [-0.4, -0.2) is 19.4 Å². The minimum atomic E-state index is -3.04. The van der Waals surface area contributed by atoms with Crippen LogP contribution in [0.15, 0.2) is 0 Å². The van der Waals surface area contributed by atoms with Crippen LogP contribution in [-0.2, 0) is 9.84 Å². The molecule has 1 fully saturated rings. The molecule has 0 bridgehead atoms. The Balaban J connectivity index is 2.88. The van der Waals surface area contributed by atoms with Crippen molar-refractivity contribution < 1.29 is 8.42 Å². The van der Waals surface area contributed by atoms with Crippen molar-refractivity contribution >= 4 is 9.84 Å². The van der Waals surface area contributed by atoms with Gasteiger partial charge in [-0.2, -0.15) is 5.26 Å². The maximum Gasteiger partial charge on any atom is 0.154 e. The topological polar surface area (TPSA) is 57.9 Å². The van der Waals surface area contributed by atoms with E-state index in [4.69, 9.17) is 5.26 Å². The molecule has 3 unspecified atom stereocenters. The quantitative estimate of drug-likeness (QED) is 0.705. The summed E-state index contributed by atoms with van der Waals surface area (Å²) in [7, 11) is -3.04. The van der Waals surface area contributed by atoms with Crippen molar-refractivity contribution in [1.29, 1.82) is 5.26 Å². The van der Waals surface area contributed by atoms with Gasteiger partial charge in [0.2, 0.25) is 0 Å². The van der Waals surface area contributed by atoms with Crippen LogP contribution in [0.1, 0.15) is 33.1 Å². The molecule has 0 aromatic heterocycles. The minimum Gasteiger partial charge on any atom is -0.229 e. The lowest BCUT2D eigenvalue weighted by atomic mass is 9.83. The van der Waals surface area contributed by atoms with Crippen molar-refractivity contribution in [3.63, 3.8) is 0 Å². The summed E-state index contributed by atoms with van der Waals surface area (Å²) in [6.45, 7) is 3.72. The number of sulfone groups is 1. The van der Waals surface area contributed by atoms with Gasteiger partial charge in [0, 0.05) is 5.75 Å². The first-order chi connectivity index (χ1) is 6.51. The fourth-order valence-corrected chi connectivity index (χ4v) is 3.83. The summed E-state index contributed by atoms with van der Waals surface area (Å²) in [4.78, 5) is 0. The third-order valence-electron chi connectivity index (χ3n) is 3.08. The van der Waals surface area contributed by atoms with Crippen LogP contribution < -0.4 is 0 Å². The fraction of sp³-hybridized carbons (Fsp3) is 0.900. The number of hydrogen-bond donors (Lipinski definition) is 0. The molecule has 1 rings (SSSR count). The van der Waals surface area contributed by atoms with E-state index in [1.807, 2.05) is 0 Å². The molecular formula is C10H17NO2S. The second kappa shape index (κ2) is 4.31. The SMILES string of the molecule is CCS(=O)(=O)C1CC(C)CCC1C#N. The summed E-state index contributed by atoms with van der Waals surface area (Å²) in [5.74, 6) is 0.310. The van der Waals surface area contributed by atoms with Crippen molar-refractivity contribution in [1.82, 2.24) is 0 Å². The van der Waals surface area contributed by atoms with Gasteiger partial charge in [-0.05, 0) is 25.2 Å². The number of rotatable bonds is 2. The average molecular weight is 215 g/mol. The van der Waals surface area contributed by atoms with E-state index in [-0.39, 0.29) is 11.7 Å². The van der Waals surface area contributed by atoms with Crippen molar-refractivity contribution in [2.75, 3.05) is 5.75 Å². The molecule has 0 aromatic rings. The average Bonchev–Trinajstić information content (AvgIpc) is 2.18. The minimum absolute atomic E-state index is 0.155. The summed E-state index contributed by atoms with van der Waals surface area (Å²) < 4.78 is 23.4. The van der Waals surface area contributed by atoms with Gasteiger partial charge in [-0.1, -0.05) is 13.8 Å². The van der Waals surface area contributed by atoms with Crippen LogP contribution in [0.25, 0.3) is 0 Å². The Kier molecular flexibility index (Phi) is 3.54. The first-order valence-electron chi connectivity index (χ1n) is 5.12. The summed E-state index contributed by atoms with van der Waals surface area (Å²) in [5.41, 5.74) is 0. The smallest absolute Gasteiger partial charge is 0.154 e. The van der Waals surface area contributed by atoms with E-state index >= 15 is 0 Å². The first-order valence-corrected chi connectivity index (χ1v) is 6.84. The lowest BCUT2D eigenvalue weighted by Gasteiger charge is -2.30. The normalized spacial score (nSPS) is 33.6. The highest BCUT2D eigenvalue weighted by atomic mass is 32.2. The summed E-state index contributed by atoms with van der Waals surface area (Å²) >= 11 is 0. The molecule has 14 heavy (non-hydrogen) atoms. The maximum absolute atomic E-state index is 11.7. The molecule has 0 N–H and O–H groups in total. The van der Waals surface area contributed by atoms with Crippen LogP contribution in [0.4, 0.5) is 0 Å². The van der Waals surface area contributed by atoms with Crippen LogP contribution >= 0.6 is 0 Å². The van der Waals surface area contributed by atoms with Crippen molar-refractivity contribution in [2.24, 2.45) is 11.8 Å². The highest BCUT2D eigenvalue weighted by Crippen LogP contribution is 2.33. The van der Waals surface area contributed by atoms with Crippen LogP contribution in [0.2, 0.25) is 0 Å². The van der Waals surface area contributed by atoms with E-state index in [2.05, 4.69) is 13.0 Å². The predicted octanol–water partition coefficient (Wildman–Crippen LogP) is 1.75. The Hall–Kier alpha value is -0.560. The molecule has 1 aliphatic rings. The Morgan fingerprint density at radius 1 is 1.43 bits per heavy atom. The second-order valence-corrected chi connectivity index (χ2v) is 6.65. The van der Waals surface area contributed by atoms with Gasteiger partial charge in [0.1, 0.15) is 0 Å². The Labute approximate surface area is 86.0 Å². The molecule has 0 heterocycles. The maximum atomic E-state index is 11.7. The van der Waals surface area contributed by atoms with Gasteiger partial charge in [-0.15, -0.1) is 0 Å². The highest BCUT2D eigenvalue weighted by molar-refractivity contribution is 7.92. The summed E-state index contributed by atoms with van der Waals surface area (Å²) in [6, 6.07) is 2.14. The van der Waals surface area contributed by atoms with E-state index in [1.165, 1.54) is 0 Å². The van der Waals surface area contributed by atoms with Crippen LogP contribution in [0, 0.1) is 23.2 Å². The lowest BCUT2D eigenvalue weighted by molar-refractivity contribution is 0.335. The molecular weight excluding hydrogens is 198 g/mol. The van der Waals surface area contributed by atoms with E-state index in [0.29, 0.717) is 12.3 Å². The van der Waals surface area contributed by atoms with E-state index in [9.17, 15) is 8.42 Å². The molecule has 1 saturated carbocycles. The molecule has 0 saturated heterocycles. The Morgan fingerprint density at radius 3 is 2.57 bits per heavy atom. The molecule has 0 radical (unpaired) electrons. The first kappa shape index (κ1) is 11.5. The number of hydrogen-bond acceptors (Lipinski definition) is 3. The Morgan fingerprint density at radius 2 is 2.07 bits per heavy atom. The molecule has 0 amide bonds. The predicted molar refractivity (Wildman–Crippen MR) is 55.4 cm³/mol. The monoisotopic (exact) mass is 215 g/mol. The van der Waals surface area contributed by atoms with Crippen molar-refractivity contribution in [3.05, 3.63) is 0 Å². The molecule has 80 valence electrons. The third-order valence-corrected chi connectivity index (χ3v) is 5.33. The summed E-state index contributed by atoms with van der Waals surface area (Å²) in [6.07, 6.45) is 2.38. The zero-order valence-corrected chi connectivity index (χ0v) is 9.55. The van der Waals surface area contributed by atoms with Gasteiger partial charge in [-0.25, -0.2) is 8.42 Å². The molecule has 0 aromatic carbocycles. The molecule has 0 spiro atoms. The van der Waals surface area contributed by atoms with Gasteiger partial charge in [0.25, 0.3) is 0 Å². The van der Waals surface area contributed by atoms with E-state index in [1.54, 1.807) is 6.92 Å². The molecule has 0 aliphatic heterocycles. The van der Waals surface area contributed by atoms with E-state index in [0.717, 1.165) is 12.8 Å². The van der Waals surface area contributed by atoms with Gasteiger partial charge >= 0.3 is 0 Å². The van der Waals surface area contributed by atoms with Gasteiger partial charge in [-0.3, -0.25) is 0 Å². The molecule has 3 nitrogen and oxygen atoms in total. The summed E-state index contributed by atoms with van der Waals surface area (Å²) in [5, 5.41) is 8.48. The Bertz CT molecular complexity index is 329. The molecule has 4 heteroatoms. The van der Waals surface area contributed by atoms with Crippen molar-refractivity contribution in [2.45, 2.75) is 38.4 Å². The van der Waals surface area contributed by atoms with Gasteiger partial charge in [0.15, 0.2) is 9.84 Å². The van der Waals surface area contributed by atoms with Gasteiger partial charge in [0.05, 0.1) is 17.2 Å². The van der Waals surface area contributed by atoms with Gasteiger partial charge < -0.3 is 0 Å². The second-order valence-electron chi connectivity index (χ2n) is 4.14. The molecule has 3 atom stereocenters. The van der Waals surface area contributed by atoms with Crippen molar-refractivity contribution in [3.8, 4) is 6.07 Å². The van der Waals surface area contributed by atoms with Crippen LogP contribution in [0.5, 0.6) is 0 Å². The molecule has 1 aliphatic carbocycles. The standard InChI is InChI=1S/C10H17NO2S/c1-3-14(12,13)10-6-8(2)4-5-9(10)7-11/h8-10H,3-6H2,1-2H3.